The molecule has 0 bridgehead atoms. The Labute approximate surface area is 108 Å². The summed E-state index contributed by atoms with van der Waals surface area (Å²) in [4.78, 5) is 0. The van der Waals surface area contributed by atoms with Gasteiger partial charge >= 0.3 is 0 Å². The molecule has 0 saturated heterocycles. The minimum atomic E-state index is 0.419. The Morgan fingerprint density at radius 2 is 2.06 bits per heavy atom. The molecule has 17 heavy (non-hydrogen) atoms. The molecule has 0 aliphatic carbocycles. The maximum Gasteiger partial charge on any atom is 0.0369 e. The highest BCUT2D eigenvalue weighted by Crippen LogP contribution is 2.24. The van der Waals surface area contributed by atoms with Crippen molar-refractivity contribution >= 4 is 11.3 Å². The van der Waals surface area contributed by atoms with Gasteiger partial charge in [0.25, 0.3) is 0 Å². The summed E-state index contributed by atoms with van der Waals surface area (Å²) < 4.78 is 0. The normalized spacial score (nSPS) is 12.6. The predicted molar refractivity (Wildman–Crippen MR) is 75.7 cm³/mol. The van der Waals surface area contributed by atoms with E-state index in [4.69, 9.17) is 0 Å². The maximum absolute atomic E-state index is 3.42. The summed E-state index contributed by atoms with van der Waals surface area (Å²) in [5.41, 5.74) is 5.55. The first-order valence-corrected chi connectivity index (χ1v) is 6.90. The summed E-state index contributed by atoms with van der Waals surface area (Å²) >= 11 is 1.78. The van der Waals surface area contributed by atoms with Crippen molar-refractivity contribution in [2.24, 2.45) is 0 Å². The fourth-order valence-electron chi connectivity index (χ4n) is 2.17. The molecule has 90 valence electrons. The molecule has 2 aromatic rings. The molecule has 0 radical (unpaired) electrons. The van der Waals surface area contributed by atoms with E-state index in [-0.39, 0.29) is 0 Å². The third kappa shape index (κ3) is 2.96. The fourth-order valence-corrected chi connectivity index (χ4v) is 3.07. The number of hydrogen-bond donors (Lipinski definition) is 1. The summed E-state index contributed by atoms with van der Waals surface area (Å²) in [5, 5.41) is 7.89. The number of thiophene rings is 1. The van der Waals surface area contributed by atoms with Gasteiger partial charge in [-0.3, -0.25) is 0 Å². The van der Waals surface area contributed by atoms with E-state index < -0.39 is 0 Å². The van der Waals surface area contributed by atoms with Gasteiger partial charge in [0.05, 0.1) is 0 Å². The fraction of sp³-hybridized carbons (Fsp3) is 0.333. The Hall–Kier alpha value is -1.12. The monoisotopic (exact) mass is 245 g/mol. The van der Waals surface area contributed by atoms with Gasteiger partial charge in [0.15, 0.2) is 0 Å². The Morgan fingerprint density at radius 1 is 1.24 bits per heavy atom. The van der Waals surface area contributed by atoms with Crippen LogP contribution in [0.3, 0.4) is 0 Å². The van der Waals surface area contributed by atoms with Gasteiger partial charge in [-0.15, -0.1) is 0 Å². The highest BCUT2D eigenvalue weighted by Gasteiger charge is 2.13. The highest BCUT2D eigenvalue weighted by molar-refractivity contribution is 7.08. The molecule has 1 unspecified atom stereocenters. The predicted octanol–water partition coefficient (Wildman–Crippen LogP) is 3.87. The van der Waals surface area contributed by atoms with Crippen LogP contribution >= 0.6 is 11.3 Å². The van der Waals surface area contributed by atoms with Gasteiger partial charge in [-0.25, -0.2) is 0 Å². The van der Waals surface area contributed by atoms with Gasteiger partial charge in [0.2, 0.25) is 0 Å². The van der Waals surface area contributed by atoms with E-state index in [0.717, 1.165) is 6.42 Å². The summed E-state index contributed by atoms with van der Waals surface area (Å²) in [6.45, 7) is 4.33. The first-order valence-electron chi connectivity index (χ1n) is 5.96. The zero-order valence-corrected chi connectivity index (χ0v) is 11.5. The second kappa shape index (κ2) is 5.48. The molecule has 0 aliphatic heterocycles. The first-order chi connectivity index (χ1) is 8.20. The Bertz CT molecular complexity index is 487. The van der Waals surface area contributed by atoms with Crippen molar-refractivity contribution in [3.05, 3.63) is 57.3 Å². The standard InChI is InChI=1S/C15H19NS/c1-11-5-4-6-13(7-11)8-15(16-3)14-10-17-9-12(14)2/h4-7,9-10,15-16H,8H2,1-3H3. The number of aryl methyl sites for hydroxylation is 2. The van der Waals surface area contributed by atoms with Crippen LogP contribution in [-0.2, 0) is 6.42 Å². The van der Waals surface area contributed by atoms with E-state index in [2.05, 4.69) is 54.2 Å². The summed E-state index contributed by atoms with van der Waals surface area (Å²) in [7, 11) is 2.04. The van der Waals surface area contributed by atoms with Gasteiger partial charge in [-0.1, -0.05) is 29.8 Å². The second-order valence-electron chi connectivity index (χ2n) is 4.54. The van der Waals surface area contributed by atoms with Crippen LogP contribution in [0.15, 0.2) is 35.0 Å². The zero-order valence-electron chi connectivity index (χ0n) is 10.7. The third-order valence-corrected chi connectivity index (χ3v) is 4.02. The lowest BCUT2D eigenvalue weighted by Gasteiger charge is -2.16. The molecule has 1 nitrogen and oxygen atoms in total. The molecule has 1 aromatic carbocycles. The molecule has 0 spiro atoms. The van der Waals surface area contributed by atoms with Crippen molar-refractivity contribution < 1.29 is 0 Å². The lowest BCUT2D eigenvalue weighted by atomic mass is 9.98. The molecule has 0 aliphatic rings. The molecule has 1 N–H and O–H groups in total. The van der Waals surface area contributed by atoms with E-state index >= 15 is 0 Å². The molecule has 0 amide bonds. The molecular weight excluding hydrogens is 226 g/mol. The lowest BCUT2D eigenvalue weighted by molar-refractivity contribution is 0.591. The summed E-state index contributed by atoms with van der Waals surface area (Å²) in [5.74, 6) is 0. The maximum atomic E-state index is 3.42. The molecular formula is C15H19NS. The molecule has 1 heterocycles. The van der Waals surface area contributed by atoms with Crippen molar-refractivity contribution in [2.75, 3.05) is 7.05 Å². The minimum Gasteiger partial charge on any atom is -0.313 e. The van der Waals surface area contributed by atoms with Crippen molar-refractivity contribution in [1.82, 2.24) is 5.32 Å². The number of hydrogen-bond acceptors (Lipinski definition) is 2. The van der Waals surface area contributed by atoms with Gasteiger partial charge < -0.3 is 5.32 Å². The largest absolute Gasteiger partial charge is 0.313 e. The Morgan fingerprint density at radius 3 is 2.65 bits per heavy atom. The minimum absolute atomic E-state index is 0.419. The molecule has 0 saturated carbocycles. The quantitative estimate of drug-likeness (QED) is 0.862. The number of benzene rings is 1. The van der Waals surface area contributed by atoms with Crippen LogP contribution in [-0.4, -0.2) is 7.05 Å². The van der Waals surface area contributed by atoms with E-state index in [1.54, 1.807) is 11.3 Å². The number of nitrogens with one attached hydrogen (secondary N) is 1. The topological polar surface area (TPSA) is 12.0 Å². The summed E-state index contributed by atoms with van der Waals surface area (Å²) in [6, 6.07) is 9.18. The van der Waals surface area contributed by atoms with Crippen LogP contribution < -0.4 is 5.32 Å². The molecule has 1 aromatic heterocycles. The van der Waals surface area contributed by atoms with E-state index in [9.17, 15) is 0 Å². The molecule has 2 rings (SSSR count). The number of likely N-dealkylation sites (N-methyl/N-ethyl adjacent to an activating group) is 1. The lowest BCUT2D eigenvalue weighted by Crippen LogP contribution is -2.19. The van der Waals surface area contributed by atoms with Crippen molar-refractivity contribution in [3.8, 4) is 0 Å². The highest BCUT2D eigenvalue weighted by atomic mass is 32.1. The van der Waals surface area contributed by atoms with Crippen molar-refractivity contribution in [2.45, 2.75) is 26.3 Å². The van der Waals surface area contributed by atoms with Crippen LogP contribution in [0, 0.1) is 13.8 Å². The average Bonchev–Trinajstić information content (AvgIpc) is 2.72. The molecule has 1 atom stereocenters. The van der Waals surface area contributed by atoms with Crippen LogP contribution in [0.4, 0.5) is 0 Å². The first kappa shape index (κ1) is 12.3. The van der Waals surface area contributed by atoms with Crippen LogP contribution in [0.5, 0.6) is 0 Å². The van der Waals surface area contributed by atoms with Gasteiger partial charge in [-0.05, 0) is 54.8 Å². The average molecular weight is 245 g/mol. The van der Waals surface area contributed by atoms with Gasteiger partial charge in [0, 0.05) is 6.04 Å². The van der Waals surface area contributed by atoms with Gasteiger partial charge in [-0.2, -0.15) is 11.3 Å². The third-order valence-electron chi connectivity index (χ3n) is 3.14. The van der Waals surface area contributed by atoms with Crippen LogP contribution in [0.1, 0.15) is 28.3 Å². The Kier molecular flexibility index (Phi) is 3.97. The summed E-state index contributed by atoms with van der Waals surface area (Å²) in [6.07, 6.45) is 1.05. The second-order valence-corrected chi connectivity index (χ2v) is 5.29. The SMILES string of the molecule is CNC(Cc1cccc(C)c1)c1cscc1C. The Balaban J connectivity index is 2.19. The van der Waals surface area contributed by atoms with Crippen LogP contribution in [0.2, 0.25) is 0 Å². The van der Waals surface area contributed by atoms with E-state index in [1.165, 1.54) is 22.3 Å². The van der Waals surface area contributed by atoms with E-state index in [0.29, 0.717) is 6.04 Å². The molecule has 2 heteroatoms. The molecule has 0 fully saturated rings. The van der Waals surface area contributed by atoms with Gasteiger partial charge in [0.1, 0.15) is 0 Å². The number of rotatable bonds is 4. The van der Waals surface area contributed by atoms with Crippen LogP contribution in [0.25, 0.3) is 0 Å². The smallest absolute Gasteiger partial charge is 0.0369 e. The van der Waals surface area contributed by atoms with Crippen molar-refractivity contribution in [3.63, 3.8) is 0 Å². The van der Waals surface area contributed by atoms with Crippen molar-refractivity contribution in [1.29, 1.82) is 0 Å². The van der Waals surface area contributed by atoms with E-state index in [1.807, 2.05) is 7.05 Å². The zero-order chi connectivity index (χ0) is 12.3.